The van der Waals surface area contributed by atoms with Gasteiger partial charge in [0.15, 0.2) is 0 Å². The predicted molar refractivity (Wildman–Crippen MR) is 55.7 cm³/mol. The minimum absolute atomic E-state index is 0.410. The maximum Gasteiger partial charge on any atom is 0.0783 e. The molecule has 1 fully saturated rings. The van der Waals surface area contributed by atoms with Crippen LogP contribution in [0.15, 0.2) is 0 Å². The fourth-order valence-electron chi connectivity index (χ4n) is 2.26. The van der Waals surface area contributed by atoms with Crippen LogP contribution in [0, 0.1) is 5.92 Å². The molecule has 13 heavy (non-hydrogen) atoms. The lowest BCUT2D eigenvalue weighted by Crippen LogP contribution is -2.36. The van der Waals surface area contributed by atoms with Gasteiger partial charge >= 0.3 is 0 Å². The molecule has 78 valence electrons. The van der Waals surface area contributed by atoms with Gasteiger partial charge < -0.3 is 5.11 Å². The van der Waals surface area contributed by atoms with Gasteiger partial charge in [-0.05, 0) is 25.7 Å². The number of hydrogen-bond donors (Lipinski definition) is 1. The molecule has 0 aromatic rings. The summed E-state index contributed by atoms with van der Waals surface area (Å²) in [7, 11) is 0. The second-order valence-electron chi connectivity index (χ2n) is 4.66. The highest BCUT2D eigenvalue weighted by Gasteiger charge is 2.39. The summed E-state index contributed by atoms with van der Waals surface area (Å²) in [5, 5.41) is 10.0. The van der Waals surface area contributed by atoms with Crippen LogP contribution < -0.4 is 0 Å². The van der Waals surface area contributed by atoms with Crippen molar-refractivity contribution in [3.63, 3.8) is 0 Å². The van der Waals surface area contributed by atoms with E-state index in [1.807, 2.05) is 6.92 Å². The summed E-state index contributed by atoms with van der Waals surface area (Å²) in [6.45, 7) is 10.5. The molecule has 1 aliphatic rings. The zero-order chi connectivity index (χ0) is 10.1. The molecule has 1 heterocycles. The predicted octanol–water partition coefficient (Wildman–Crippen LogP) is 1.88. The van der Waals surface area contributed by atoms with E-state index in [4.69, 9.17) is 0 Å². The average Bonchev–Trinajstić information content (AvgIpc) is 2.29. The number of nitrogens with zero attached hydrogens (tertiary/aromatic N) is 1. The minimum atomic E-state index is -0.470. The minimum Gasteiger partial charge on any atom is -0.389 e. The summed E-state index contributed by atoms with van der Waals surface area (Å²) >= 11 is 0. The zero-order valence-corrected chi connectivity index (χ0v) is 9.38. The first-order valence-electron chi connectivity index (χ1n) is 5.47. The first-order valence-corrected chi connectivity index (χ1v) is 5.47. The van der Waals surface area contributed by atoms with Crippen LogP contribution in [0.3, 0.4) is 0 Å². The van der Waals surface area contributed by atoms with Crippen LogP contribution in [0.2, 0.25) is 0 Å². The van der Waals surface area contributed by atoms with Crippen LogP contribution in [-0.4, -0.2) is 34.7 Å². The standard InChI is InChI=1S/C11H23NO/c1-5-10(6-2)12-7-9(3)11(4,13)8-12/h9-10,13H,5-8H2,1-4H3/t9-,11-/m1/s1. The van der Waals surface area contributed by atoms with Gasteiger partial charge in [0.05, 0.1) is 5.60 Å². The number of rotatable bonds is 3. The Kier molecular flexibility index (Phi) is 3.36. The van der Waals surface area contributed by atoms with Gasteiger partial charge in [-0.1, -0.05) is 20.8 Å². The Labute approximate surface area is 81.9 Å². The first-order chi connectivity index (χ1) is 6.01. The molecule has 1 aliphatic heterocycles. The van der Waals surface area contributed by atoms with Gasteiger partial charge in [-0.3, -0.25) is 4.90 Å². The molecule has 2 heteroatoms. The Morgan fingerprint density at radius 1 is 1.46 bits per heavy atom. The molecule has 1 N–H and O–H groups in total. The zero-order valence-electron chi connectivity index (χ0n) is 9.38. The Morgan fingerprint density at radius 2 is 2.00 bits per heavy atom. The highest BCUT2D eigenvalue weighted by atomic mass is 16.3. The quantitative estimate of drug-likeness (QED) is 0.725. The number of hydrogen-bond acceptors (Lipinski definition) is 2. The van der Waals surface area contributed by atoms with Crippen molar-refractivity contribution in [2.75, 3.05) is 13.1 Å². The van der Waals surface area contributed by atoms with Gasteiger partial charge in [0, 0.05) is 19.1 Å². The van der Waals surface area contributed by atoms with Crippen molar-refractivity contribution < 1.29 is 5.11 Å². The maximum atomic E-state index is 10.0. The summed E-state index contributed by atoms with van der Waals surface area (Å²) in [6, 6.07) is 0.663. The lowest BCUT2D eigenvalue weighted by Gasteiger charge is -2.26. The average molecular weight is 185 g/mol. The molecule has 0 saturated carbocycles. The van der Waals surface area contributed by atoms with E-state index in [0.717, 1.165) is 13.1 Å². The molecule has 0 aromatic carbocycles. The molecule has 1 rings (SSSR count). The van der Waals surface area contributed by atoms with Crippen LogP contribution in [0.5, 0.6) is 0 Å². The molecule has 0 unspecified atom stereocenters. The smallest absolute Gasteiger partial charge is 0.0783 e. The van der Waals surface area contributed by atoms with Gasteiger partial charge in [0.2, 0.25) is 0 Å². The topological polar surface area (TPSA) is 23.5 Å². The number of likely N-dealkylation sites (tertiary alicyclic amines) is 1. The van der Waals surface area contributed by atoms with Gasteiger partial charge in [-0.25, -0.2) is 0 Å². The summed E-state index contributed by atoms with van der Waals surface area (Å²) in [4.78, 5) is 2.44. The SMILES string of the molecule is CCC(CC)N1C[C@@H](C)[C@](C)(O)C1. The van der Waals surface area contributed by atoms with Gasteiger partial charge in [-0.2, -0.15) is 0 Å². The number of β-amino-alcohol motifs (C(OH)–C–C–N with tert-alkyl or cyclic N) is 1. The third kappa shape index (κ3) is 2.23. The summed E-state index contributed by atoms with van der Waals surface area (Å²) in [6.07, 6.45) is 2.39. The Balaban J connectivity index is 2.57. The van der Waals surface area contributed by atoms with Gasteiger partial charge in [0.1, 0.15) is 0 Å². The highest BCUT2D eigenvalue weighted by Crippen LogP contribution is 2.29. The molecule has 2 atom stereocenters. The molecule has 0 aromatic heterocycles. The van der Waals surface area contributed by atoms with E-state index in [0.29, 0.717) is 12.0 Å². The van der Waals surface area contributed by atoms with Crippen molar-refractivity contribution in [1.82, 2.24) is 4.90 Å². The van der Waals surface area contributed by atoms with Gasteiger partial charge in [0.25, 0.3) is 0 Å². The van der Waals surface area contributed by atoms with Crippen molar-refractivity contribution in [1.29, 1.82) is 0 Å². The Bertz CT molecular complexity index is 163. The van der Waals surface area contributed by atoms with Crippen LogP contribution in [0.25, 0.3) is 0 Å². The Hall–Kier alpha value is -0.0800. The molecular formula is C11H23NO. The molecule has 0 amide bonds. The van der Waals surface area contributed by atoms with Crippen LogP contribution in [-0.2, 0) is 0 Å². The van der Waals surface area contributed by atoms with E-state index in [-0.39, 0.29) is 0 Å². The van der Waals surface area contributed by atoms with E-state index in [9.17, 15) is 5.11 Å². The van der Waals surface area contributed by atoms with Gasteiger partial charge in [-0.15, -0.1) is 0 Å². The normalized spacial score (nSPS) is 36.0. The second kappa shape index (κ2) is 3.97. The van der Waals surface area contributed by atoms with Crippen LogP contribution in [0.4, 0.5) is 0 Å². The van der Waals surface area contributed by atoms with Crippen LogP contribution >= 0.6 is 0 Å². The molecule has 0 aliphatic carbocycles. The third-order valence-corrected chi connectivity index (χ3v) is 3.55. The fraction of sp³-hybridized carbons (Fsp3) is 1.00. The van der Waals surface area contributed by atoms with Crippen molar-refractivity contribution in [3.8, 4) is 0 Å². The van der Waals surface area contributed by atoms with Crippen molar-refractivity contribution >= 4 is 0 Å². The van der Waals surface area contributed by atoms with Crippen LogP contribution in [0.1, 0.15) is 40.5 Å². The van der Waals surface area contributed by atoms with E-state index >= 15 is 0 Å². The monoisotopic (exact) mass is 185 g/mol. The summed E-state index contributed by atoms with van der Waals surface area (Å²) < 4.78 is 0. The molecule has 0 spiro atoms. The third-order valence-electron chi connectivity index (χ3n) is 3.55. The molecule has 2 nitrogen and oxygen atoms in total. The molecule has 0 bridgehead atoms. The second-order valence-corrected chi connectivity index (χ2v) is 4.66. The molecular weight excluding hydrogens is 162 g/mol. The Morgan fingerprint density at radius 3 is 2.31 bits per heavy atom. The highest BCUT2D eigenvalue weighted by molar-refractivity contribution is 4.93. The van der Waals surface area contributed by atoms with E-state index in [1.54, 1.807) is 0 Å². The number of aliphatic hydroxyl groups is 1. The lowest BCUT2D eigenvalue weighted by molar-refractivity contribution is 0.0334. The summed E-state index contributed by atoms with van der Waals surface area (Å²) in [5.41, 5.74) is -0.470. The van der Waals surface area contributed by atoms with Crippen molar-refractivity contribution in [3.05, 3.63) is 0 Å². The van der Waals surface area contributed by atoms with Crippen molar-refractivity contribution in [2.24, 2.45) is 5.92 Å². The first kappa shape index (κ1) is 11.0. The van der Waals surface area contributed by atoms with E-state index < -0.39 is 5.60 Å². The lowest BCUT2D eigenvalue weighted by atomic mass is 9.95. The van der Waals surface area contributed by atoms with Crippen molar-refractivity contribution in [2.45, 2.75) is 52.2 Å². The van der Waals surface area contributed by atoms with E-state index in [2.05, 4.69) is 25.7 Å². The molecule has 0 radical (unpaired) electrons. The fourth-order valence-corrected chi connectivity index (χ4v) is 2.26. The van der Waals surface area contributed by atoms with E-state index in [1.165, 1.54) is 12.8 Å². The maximum absolute atomic E-state index is 10.0. The summed E-state index contributed by atoms with van der Waals surface area (Å²) in [5.74, 6) is 0.410. The molecule has 1 saturated heterocycles. The largest absolute Gasteiger partial charge is 0.389 e.